The van der Waals surface area contributed by atoms with Crippen molar-refractivity contribution in [2.75, 3.05) is 19.4 Å². The molecule has 0 unspecified atom stereocenters. The normalized spacial score (nSPS) is 12.0. The molecule has 7 nitrogen and oxygen atoms in total. The van der Waals surface area contributed by atoms with Crippen LogP contribution in [-0.2, 0) is 16.0 Å². The second-order valence-electron chi connectivity index (χ2n) is 9.70. The van der Waals surface area contributed by atoms with Gasteiger partial charge in [0.2, 0.25) is 11.8 Å². The molecular formula is C32H45N5O2S. The molecule has 0 aliphatic rings. The van der Waals surface area contributed by atoms with Crippen LogP contribution in [0.1, 0.15) is 65.0 Å². The Bertz CT molecular complexity index is 1160. The van der Waals surface area contributed by atoms with Gasteiger partial charge >= 0.3 is 0 Å². The van der Waals surface area contributed by atoms with Gasteiger partial charge in [-0.1, -0.05) is 68.0 Å². The first-order valence-electron chi connectivity index (χ1n) is 13.4. The molecule has 0 aliphatic carbocycles. The molecule has 8 heteroatoms. The molecule has 0 saturated heterocycles. The van der Waals surface area contributed by atoms with E-state index in [0.717, 1.165) is 63.7 Å². The molecule has 0 aromatic carbocycles. The number of hydrogen-bond acceptors (Lipinski definition) is 6. The quantitative estimate of drug-likeness (QED) is 0.111. The number of aromatic nitrogens is 2. The monoisotopic (exact) mass is 563 g/mol. The molecule has 2 N–H and O–H groups in total. The zero-order chi connectivity index (χ0) is 30.1. The van der Waals surface area contributed by atoms with E-state index in [1.54, 1.807) is 31.1 Å². The van der Waals surface area contributed by atoms with Crippen LogP contribution >= 0.6 is 11.8 Å². The van der Waals surface area contributed by atoms with Crippen LogP contribution in [0.25, 0.3) is 0 Å². The van der Waals surface area contributed by atoms with Crippen molar-refractivity contribution in [3.63, 3.8) is 0 Å². The van der Waals surface area contributed by atoms with Crippen molar-refractivity contribution >= 4 is 29.4 Å². The van der Waals surface area contributed by atoms with Crippen LogP contribution in [0.5, 0.6) is 0 Å². The van der Waals surface area contributed by atoms with Gasteiger partial charge < -0.3 is 15.5 Å². The first-order chi connectivity index (χ1) is 19.0. The van der Waals surface area contributed by atoms with E-state index < -0.39 is 0 Å². The molecular weight excluding hydrogens is 518 g/mol. The molecule has 216 valence electrons. The van der Waals surface area contributed by atoms with Gasteiger partial charge in [0.05, 0.1) is 17.1 Å². The lowest BCUT2D eigenvalue weighted by molar-refractivity contribution is -0.127. The Kier molecular flexibility index (Phi) is 16.0. The number of nitrogens with one attached hydrogen (secondary N) is 2. The third-order valence-corrected chi connectivity index (χ3v) is 6.76. The summed E-state index contributed by atoms with van der Waals surface area (Å²) in [6.07, 6.45) is 12.5. The number of thioether (sulfide) groups is 1. The number of amides is 2. The molecule has 0 bridgehead atoms. The van der Waals surface area contributed by atoms with Gasteiger partial charge in [0, 0.05) is 32.6 Å². The van der Waals surface area contributed by atoms with Crippen molar-refractivity contribution < 1.29 is 9.59 Å². The van der Waals surface area contributed by atoms with Gasteiger partial charge in [0.25, 0.3) is 0 Å². The Morgan fingerprint density at radius 2 is 1.73 bits per heavy atom. The second-order valence-corrected chi connectivity index (χ2v) is 11.0. The van der Waals surface area contributed by atoms with Gasteiger partial charge in [0.15, 0.2) is 5.82 Å². The molecule has 1 aromatic heterocycles. The van der Waals surface area contributed by atoms with Crippen molar-refractivity contribution in [3.8, 4) is 0 Å². The first kappa shape index (κ1) is 34.4. The summed E-state index contributed by atoms with van der Waals surface area (Å²) in [5.41, 5.74) is 4.62. The van der Waals surface area contributed by atoms with E-state index in [1.165, 1.54) is 11.8 Å². The van der Waals surface area contributed by atoms with Crippen LogP contribution < -0.4 is 10.6 Å². The van der Waals surface area contributed by atoms with Crippen LogP contribution in [-0.4, -0.2) is 41.0 Å². The minimum absolute atomic E-state index is 0.0314. The van der Waals surface area contributed by atoms with Crippen molar-refractivity contribution in [3.05, 3.63) is 101 Å². The summed E-state index contributed by atoms with van der Waals surface area (Å²) in [5.74, 6) is 0.402. The summed E-state index contributed by atoms with van der Waals surface area (Å²) in [5, 5.41) is 15.2. The van der Waals surface area contributed by atoms with E-state index in [2.05, 4.69) is 47.1 Å². The van der Waals surface area contributed by atoms with Crippen LogP contribution in [0, 0.1) is 0 Å². The number of rotatable bonds is 18. The number of allylic oxidation sites excluding steroid dienone is 6. The molecule has 0 fully saturated rings. The molecule has 1 aromatic rings. The number of unbranched alkanes of at least 4 members (excludes halogenated alkanes) is 1. The average molecular weight is 564 g/mol. The molecule has 1 rings (SSSR count). The number of nitrogens with zero attached hydrogens (tertiary/aromatic N) is 3. The van der Waals surface area contributed by atoms with Crippen LogP contribution in [0.3, 0.4) is 0 Å². The summed E-state index contributed by atoms with van der Waals surface area (Å²) in [6.45, 7) is 22.0. The standard InChI is InChI=1S/C32H45N5O2S/c1-10-23(4)19-31(38)34-30-18-17-29(35-36-30)16-14-13-15-25(6)40-26(7)33-24(5)20-27(11-2)21-28(12-3)22-32(39)37(8)9/h10-12,17-18,21,33H,3,5-7,13-16,19-20,22H2,1-2,4,8-9H3,(H,34,36,38)/b23-10+,27-11-,28-21+. The van der Waals surface area contributed by atoms with Crippen LogP contribution in [0.15, 0.2) is 95.1 Å². The zero-order valence-corrected chi connectivity index (χ0v) is 25.6. The Morgan fingerprint density at radius 3 is 2.30 bits per heavy atom. The highest BCUT2D eigenvalue weighted by atomic mass is 32.2. The molecule has 1 heterocycles. The lowest BCUT2D eigenvalue weighted by Crippen LogP contribution is -2.21. The molecule has 0 spiro atoms. The molecule has 2 amide bonds. The molecule has 0 radical (unpaired) electrons. The highest BCUT2D eigenvalue weighted by molar-refractivity contribution is 8.06. The topological polar surface area (TPSA) is 87.2 Å². The van der Waals surface area contributed by atoms with Gasteiger partial charge in [-0.15, -0.1) is 5.10 Å². The minimum atomic E-state index is -0.0949. The Hall–Kier alpha value is -3.65. The Labute approximate surface area is 245 Å². The number of aryl methyl sites for hydroxylation is 1. The summed E-state index contributed by atoms with van der Waals surface area (Å²) >= 11 is 1.52. The second kappa shape index (κ2) is 18.6. The van der Waals surface area contributed by atoms with Crippen molar-refractivity contribution in [2.45, 2.75) is 65.7 Å². The lowest BCUT2D eigenvalue weighted by atomic mass is 10.0. The van der Waals surface area contributed by atoms with Gasteiger partial charge in [-0.25, -0.2) is 0 Å². The van der Waals surface area contributed by atoms with Crippen molar-refractivity contribution in [2.24, 2.45) is 0 Å². The number of hydrogen-bond donors (Lipinski definition) is 2. The maximum absolute atomic E-state index is 12.0. The highest BCUT2D eigenvalue weighted by Crippen LogP contribution is 2.27. The highest BCUT2D eigenvalue weighted by Gasteiger charge is 2.09. The Balaban J connectivity index is 2.40. The van der Waals surface area contributed by atoms with Gasteiger partial charge in [-0.2, -0.15) is 5.10 Å². The lowest BCUT2D eigenvalue weighted by Gasteiger charge is -2.14. The van der Waals surface area contributed by atoms with Crippen LogP contribution in [0.2, 0.25) is 0 Å². The van der Waals surface area contributed by atoms with Gasteiger partial charge in [0.1, 0.15) is 0 Å². The molecule has 40 heavy (non-hydrogen) atoms. The van der Waals surface area contributed by atoms with E-state index in [0.29, 0.717) is 25.1 Å². The molecule has 0 aliphatic heterocycles. The number of carbonyl (C=O) groups is 2. The number of anilines is 1. The fraction of sp³-hybridized carbons (Fsp3) is 0.375. The average Bonchev–Trinajstić information content (AvgIpc) is 2.90. The molecule has 0 atom stereocenters. The largest absolute Gasteiger partial charge is 0.354 e. The van der Waals surface area contributed by atoms with Crippen LogP contribution in [0.4, 0.5) is 5.82 Å². The summed E-state index contributed by atoms with van der Waals surface area (Å²) in [4.78, 5) is 26.6. The maximum atomic E-state index is 12.0. The summed E-state index contributed by atoms with van der Waals surface area (Å²) in [6, 6.07) is 3.69. The van der Waals surface area contributed by atoms with Gasteiger partial charge in [-0.3, -0.25) is 9.59 Å². The van der Waals surface area contributed by atoms with E-state index in [1.807, 2.05) is 45.1 Å². The maximum Gasteiger partial charge on any atom is 0.229 e. The predicted molar refractivity (Wildman–Crippen MR) is 170 cm³/mol. The fourth-order valence-electron chi connectivity index (χ4n) is 3.46. The minimum Gasteiger partial charge on any atom is -0.354 e. The summed E-state index contributed by atoms with van der Waals surface area (Å²) < 4.78 is 0. The third kappa shape index (κ3) is 14.5. The molecule has 0 saturated carbocycles. The number of carbonyl (C=O) groups excluding carboxylic acids is 2. The third-order valence-electron chi connectivity index (χ3n) is 5.92. The zero-order valence-electron chi connectivity index (χ0n) is 24.8. The van der Waals surface area contributed by atoms with E-state index >= 15 is 0 Å². The Morgan fingerprint density at radius 1 is 1.00 bits per heavy atom. The smallest absolute Gasteiger partial charge is 0.229 e. The van der Waals surface area contributed by atoms with Crippen molar-refractivity contribution in [1.82, 2.24) is 20.4 Å². The SMILES string of the molecule is C=C/C(=C\C(=C/C)CC(=C)NC(=C)SC(=C)CCCCc1ccc(NC(=O)C/C(C)=C/C)nn1)CC(=O)N(C)C. The van der Waals surface area contributed by atoms with Crippen molar-refractivity contribution in [1.29, 1.82) is 0 Å². The summed E-state index contributed by atoms with van der Waals surface area (Å²) in [7, 11) is 3.49. The predicted octanol–water partition coefficient (Wildman–Crippen LogP) is 7.23. The fourth-order valence-corrected chi connectivity index (χ4v) is 4.25. The van der Waals surface area contributed by atoms with E-state index in [9.17, 15) is 9.59 Å². The first-order valence-corrected chi connectivity index (χ1v) is 14.2. The van der Waals surface area contributed by atoms with E-state index in [-0.39, 0.29) is 11.8 Å². The van der Waals surface area contributed by atoms with E-state index in [4.69, 9.17) is 0 Å². The van der Waals surface area contributed by atoms with Gasteiger partial charge in [-0.05, 0) is 74.6 Å².